The second-order valence-corrected chi connectivity index (χ2v) is 5.99. The molecule has 0 aliphatic heterocycles. The van der Waals surface area contributed by atoms with Gasteiger partial charge in [0.05, 0.1) is 18.8 Å². The number of nitrogens with zero attached hydrogens (tertiary/aromatic N) is 2. The maximum absolute atomic E-state index is 5.99. The first-order chi connectivity index (χ1) is 11.1. The quantitative estimate of drug-likeness (QED) is 0.381. The first-order valence-electron chi connectivity index (χ1n) is 7.80. The summed E-state index contributed by atoms with van der Waals surface area (Å²) in [7, 11) is 0. The van der Waals surface area contributed by atoms with E-state index < -0.39 is 0 Å². The van der Waals surface area contributed by atoms with Crippen molar-refractivity contribution in [1.29, 1.82) is 0 Å². The number of rotatable bonds is 6. The second-order valence-electron chi connectivity index (χ2n) is 5.55. The van der Waals surface area contributed by atoms with Crippen molar-refractivity contribution < 1.29 is 4.52 Å². The van der Waals surface area contributed by atoms with Gasteiger partial charge in [-0.15, -0.1) is 24.0 Å². The topological polar surface area (TPSA) is 62.5 Å². The summed E-state index contributed by atoms with van der Waals surface area (Å²) in [6.07, 6.45) is 0. The Morgan fingerprint density at radius 1 is 1.29 bits per heavy atom. The van der Waals surface area contributed by atoms with Gasteiger partial charge in [0, 0.05) is 17.6 Å². The first-order valence-corrected chi connectivity index (χ1v) is 8.18. The zero-order valence-corrected chi connectivity index (χ0v) is 17.3. The summed E-state index contributed by atoms with van der Waals surface area (Å²) in [5, 5.41) is 11.2. The highest BCUT2D eigenvalue weighted by molar-refractivity contribution is 14.0. The first kappa shape index (κ1) is 20.8. The molecule has 0 unspecified atom stereocenters. The molecule has 0 aliphatic carbocycles. The number of hydrogen-bond acceptors (Lipinski definition) is 3. The normalized spacial score (nSPS) is 11.3. The SMILES string of the molecule is CCNC(=NCc1cccc(Cl)c1)NCc1cc(C(C)C)no1.I. The number of benzene rings is 1. The summed E-state index contributed by atoms with van der Waals surface area (Å²) in [6.45, 7) is 8.10. The Bertz CT molecular complexity index is 658. The predicted molar refractivity (Wildman–Crippen MR) is 109 cm³/mol. The van der Waals surface area contributed by atoms with Gasteiger partial charge in [-0.3, -0.25) is 0 Å². The van der Waals surface area contributed by atoms with E-state index in [4.69, 9.17) is 16.1 Å². The molecular weight excluding hydrogens is 439 g/mol. The van der Waals surface area contributed by atoms with Crippen LogP contribution in [-0.2, 0) is 13.1 Å². The monoisotopic (exact) mass is 462 g/mol. The Labute approximate surface area is 165 Å². The van der Waals surface area contributed by atoms with Crippen molar-refractivity contribution in [3.8, 4) is 0 Å². The van der Waals surface area contributed by atoms with Crippen molar-refractivity contribution in [3.63, 3.8) is 0 Å². The maximum Gasteiger partial charge on any atom is 0.191 e. The fourth-order valence-corrected chi connectivity index (χ4v) is 2.22. The van der Waals surface area contributed by atoms with Gasteiger partial charge in [0.15, 0.2) is 11.7 Å². The number of aliphatic imine (C=N–C) groups is 1. The van der Waals surface area contributed by atoms with E-state index in [1.165, 1.54) is 0 Å². The van der Waals surface area contributed by atoms with Crippen LogP contribution in [0.5, 0.6) is 0 Å². The number of aromatic nitrogens is 1. The summed E-state index contributed by atoms with van der Waals surface area (Å²) in [5.41, 5.74) is 2.03. The summed E-state index contributed by atoms with van der Waals surface area (Å²) >= 11 is 5.99. The van der Waals surface area contributed by atoms with E-state index in [-0.39, 0.29) is 24.0 Å². The summed E-state index contributed by atoms with van der Waals surface area (Å²) < 4.78 is 5.32. The molecule has 0 atom stereocenters. The van der Waals surface area contributed by atoms with Crippen LogP contribution in [0, 0.1) is 0 Å². The molecule has 0 spiro atoms. The molecular formula is C17H24ClIN4O. The fourth-order valence-electron chi connectivity index (χ4n) is 2.00. The van der Waals surface area contributed by atoms with Crippen LogP contribution in [0.3, 0.4) is 0 Å². The van der Waals surface area contributed by atoms with E-state index in [9.17, 15) is 0 Å². The number of nitrogens with one attached hydrogen (secondary N) is 2. The van der Waals surface area contributed by atoms with Crippen molar-refractivity contribution in [2.75, 3.05) is 6.54 Å². The van der Waals surface area contributed by atoms with Gasteiger partial charge in [-0.25, -0.2) is 4.99 Å². The fraction of sp³-hybridized carbons (Fsp3) is 0.412. The van der Waals surface area contributed by atoms with Gasteiger partial charge in [0.25, 0.3) is 0 Å². The minimum atomic E-state index is 0. The van der Waals surface area contributed by atoms with Crippen LogP contribution in [0.1, 0.15) is 43.7 Å². The van der Waals surface area contributed by atoms with Gasteiger partial charge in [-0.05, 0) is 30.5 Å². The average molecular weight is 463 g/mol. The lowest BCUT2D eigenvalue weighted by atomic mass is 10.1. The molecule has 0 amide bonds. The Kier molecular flexibility index (Phi) is 9.13. The summed E-state index contributed by atoms with van der Waals surface area (Å²) in [4.78, 5) is 4.56. The van der Waals surface area contributed by atoms with Crippen molar-refractivity contribution in [1.82, 2.24) is 15.8 Å². The van der Waals surface area contributed by atoms with Crippen molar-refractivity contribution in [3.05, 3.63) is 52.4 Å². The van der Waals surface area contributed by atoms with Crippen LogP contribution in [0.2, 0.25) is 5.02 Å². The van der Waals surface area contributed by atoms with Gasteiger partial charge >= 0.3 is 0 Å². The maximum atomic E-state index is 5.99. The average Bonchev–Trinajstić information content (AvgIpc) is 2.99. The molecule has 0 fully saturated rings. The minimum Gasteiger partial charge on any atom is -0.359 e. The van der Waals surface area contributed by atoms with Crippen molar-refractivity contribution in [2.45, 2.75) is 39.8 Å². The van der Waals surface area contributed by atoms with Crippen LogP contribution in [0.25, 0.3) is 0 Å². The molecule has 1 aromatic carbocycles. The largest absolute Gasteiger partial charge is 0.359 e. The van der Waals surface area contributed by atoms with Crippen LogP contribution in [-0.4, -0.2) is 17.7 Å². The highest BCUT2D eigenvalue weighted by Gasteiger charge is 2.08. The van der Waals surface area contributed by atoms with E-state index in [1.54, 1.807) is 0 Å². The zero-order valence-electron chi connectivity index (χ0n) is 14.2. The third kappa shape index (κ3) is 6.68. The van der Waals surface area contributed by atoms with Gasteiger partial charge in [-0.1, -0.05) is 42.7 Å². The predicted octanol–water partition coefficient (Wildman–Crippen LogP) is 4.32. The molecule has 2 aromatic rings. The van der Waals surface area contributed by atoms with Gasteiger partial charge in [0.1, 0.15) is 0 Å². The van der Waals surface area contributed by atoms with Gasteiger partial charge < -0.3 is 15.2 Å². The molecule has 5 nitrogen and oxygen atoms in total. The molecule has 0 radical (unpaired) electrons. The lowest BCUT2D eigenvalue weighted by Gasteiger charge is -2.09. The van der Waals surface area contributed by atoms with Gasteiger partial charge in [0.2, 0.25) is 0 Å². The molecule has 1 aromatic heterocycles. The Hall–Kier alpha value is -1.28. The van der Waals surface area contributed by atoms with Crippen LogP contribution in [0.15, 0.2) is 39.8 Å². The van der Waals surface area contributed by atoms with E-state index >= 15 is 0 Å². The summed E-state index contributed by atoms with van der Waals surface area (Å²) in [6, 6.07) is 9.67. The molecule has 0 saturated carbocycles. The van der Waals surface area contributed by atoms with Crippen molar-refractivity contribution >= 4 is 41.5 Å². The molecule has 0 aliphatic rings. The minimum absolute atomic E-state index is 0. The van der Waals surface area contributed by atoms with E-state index in [2.05, 4.69) is 34.6 Å². The van der Waals surface area contributed by atoms with E-state index in [0.29, 0.717) is 19.0 Å². The number of hydrogen-bond donors (Lipinski definition) is 2. The third-order valence-electron chi connectivity index (χ3n) is 3.25. The van der Waals surface area contributed by atoms with Crippen molar-refractivity contribution in [2.24, 2.45) is 4.99 Å². The molecule has 1 heterocycles. The van der Waals surface area contributed by atoms with Crippen LogP contribution >= 0.6 is 35.6 Å². The van der Waals surface area contributed by atoms with Crippen LogP contribution < -0.4 is 10.6 Å². The lowest BCUT2D eigenvalue weighted by molar-refractivity contribution is 0.372. The highest BCUT2D eigenvalue weighted by atomic mass is 127. The molecule has 24 heavy (non-hydrogen) atoms. The van der Waals surface area contributed by atoms with E-state index in [0.717, 1.165) is 34.5 Å². The third-order valence-corrected chi connectivity index (χ3v) is 3.49. The molecule has 2 N–H and O–H groups in total. The van der Waals surface area contributed by atoms with Crippen LogP contribution in [0.4, 0.5) is 0 Å². The standard InChI is InChI=1S/C17H23ClN4O.HI/c1-4-19-17(20-10-13-6-5-7-14(18)8-13)21-11-15-9-16(12(2)3)22-23-15;/h5-9,12H,4,10-11H2,1-3H3,(H2,19,20,21);1H. The molecule has 7 heteroatoms. The lowest BCUT2D eigenvalue weighted by Crippen LogP contribution is -2.36. The molecule has 2 rings (SSSR count). The smallest absolute Gasteiger partial charge is 0.191 e. The molecule has 132 valence electrons. The number of guanidine groups is 1. The highest BCUT2D eigenvalue weighted by Crippen LogP contribution is 2.14. The molecule has 0 saturated heterocycles. The zero-order chi connectivity index (χ0) is 16.7. The Morgan fingerprint density at radius 2 is 2.08 bits per heavy atom. The Morgan fingerprint density at radius 3 is 2.71 bits per heavy atom. The summed E-state index contributed by atoms with van der Waals surface area (Å²) in [5.74, 6) is 1.88. The second kappa shape index (κ2) is 10.6. The van der Waals surface area contributed by atoms with E-state index in [1.807, 2.05) is 37.3 Å². The Balaban J connectivity index is 0.00000288. The molecule has 0 bridgehead atoms. The van der Waals surface area contributed by atoms with Gasteiger partial charge in [-0.2, -0.15) is 0 Å². The number of halogens is 2.